The van der Waals surface area contributed by atoms with Crippen LogP contribution in [-0.2, 0) is 4.74 Å². The third-order valence-corrected chi connectivity index (χ3v) is 2.07. The topological polar surface area (TPSA) is 52.3 Å². The Labute approximate surface area is 75.1 Å². The second-order valence-corrected chi connectivity index (χ2v) is 3.77. The highest BCUT2D eigenvalue weighted by molar-refractivity contribution is 7.17. The van der Waals surface area contributed by atoms with E-state index in [9.17, 15) is 4.79 Å². The van der Waals surface area contributed by atoms with Crippen LogP contribution in [0.2, 0.25) is 0 Å². The van der Waals surface area contributed by atoms with Crippen molar-refractivity contribution in [3.05, 3.63) is 17.0 Å². The van der Waals surface area contributed by atoms with Gasteiger partial charge >= 0.3 is 5.97 Å². The van der Waals surface area contributed by atoms with Gasteiger partial charge in [-0.05, 0) is 26.0 Å². The summed E-state index contributed by atoms with van der Waals surface area (Å²) in [6, 6.07) is 3.37. The Bertz CT molecular complexity index is 280. The number of hydrogen-bond acceptors (Lipinski definition) is 4. The maximum Gasteiger partial charge on any atom is 0.348 e. The van der Waals surface area contributed by atoms with Crippen molar-refractivity contribution < 1.29 is 9.53 Å². The summed E-state index contributed by atoms with van der Waals surface area (Å²) < 4.78 is 4.97. The van der Waals surface area contributed by atoms with Gasteiger partial charge in [0, 0.05) is 0 Å². The van der Waals surface area contributed by atoms with E-state index in [0.717, 1.165) is 0 Å². The highest BCUT2D eigenvalue weighted by Gasteiger charge is 2.10. The van der Waals surface area contributed by atoms with E-state index in [1.165, 1.54) is 11.3 Å². The average molecular weight is 185 g/mol. The SMILES string of the molecule is CC(C)OC(=O)c1ccc(N)s1. The van der Waals surface area contributed by atoms with E-state index in [1.807, 2.05) is 13.8 Å². The molecule has 0 amide bonds. The summed E-state index contributed by atoms with van der Waals surface area (Å²) in [5, 5.41) is 0.630. The van der Waals surface area contributed by atoms with Gasteiger partial charge in [0.25, 0.3) is 0 Å². The van der Waals surface area contributed by atoms with Gasteiger partial charge in [0.1, 0.15) is 4.88 Å². The number of rotatable bonds is 2. The molecule has 3 nitrogen and oxygen atoms in total. The van der Waals surface area contributed by atoms with Gasteiger partial charge in [-0.2, -0.15) is 0 Å². The number of ether oxygens (including phenoxy) is 1. The lowest BCUT2D eigenvalue weighted by atomic mass is 10.4. The Morgan fingerprint density at radius 1 is 1.58 bits per heavy atom. The lowest BCUT2D eigenvalue weighted by Gasteiger charge is -2.05. The molecule has 0 aliphatic heterocycles. The molecule has 0 unspecified atom stereocenters. The number of carbonyl (C=O) groups is 1. The van der Waals surface area contributed by atoms with Crippen LogP contribution in [0.4, 0.5) is 5.00 Å². The van der Waals surface area contributed by atoms with Gasteiger partial charge in [-0.3, -0.25) is 0 Å². The van der Waals surface area contributed by atoms with E-state index in [0.29, 0.717) is 9.88 Å². The molecule has 1 rings (SSSR count). The van der Waals surface area contributed by atoms with Crippen LogP contribution in [0.1, 0.15) is 23.5 Å². The van der Waals surface area contributed by atoms with Crippen molar-refractivity contribution in [2.24, 2.45) is 0 Å². The monoisotopic (exact) mass is 185 g/mol. The molecule has 0 saturated carbocycles. The molecular formula is C8H11NO2S. The lowest BCUT2D eigenvalue weighted by Crippen LogP contribution is -2.09. The fourth-order valence-corrected chi connectivity index (χ4v) is 1.39. The molecule has 0 aromatic carbocycles. The van der Waals surface area contributed by atoms with Crippen molar-refractivity contribution >= 4 is 22.3 Å². The zero-order valence-corrected chi connectivity index (χ0v) is 7.85. The second kappa shape index (κ2) is 3.58. The first kappa shape index (κ1) is 9.06. The van der Waals surface area contributed by atoms with Gasteiger partial charge in [-0.1, -0.05) is 0 Å². The summed E-state index contributed by atoms with van der Waals surface area (Å²) in [5.74, 6) is -0.299. The molecule has 0 aliphatic carbocycles. The number of nitrogens with two attached hydrogens (primary N) is 1. The minimum atomic E-state index is -0.299. The number of nitrogen functional groups attached to an aromatic ring is 1. The highest BCUT2D eigenvalue weighted by Crippen LogP contribution is 2.19. The molecular weight excluding hydrogens is 174 g/mol. The summed E-state index contributed by atoms with van der Waals surface area (Å²) in [6.45, 7) is 3.63. The molecule has 0 atom stereocenters. The van der Waals surface area contributed by atoms with Crippen molar-refractivity contribution in [1.82, 2.24) is 0 Å². The van der Waals surface area contributed by atoms with Crippen LogP contribution >= 0.6 is 11.3 Å². The van der Waals surface area contributed by atoms with Gasteiger partial charge < -0.3 is 10.5 Å². The maximum absolute atomic E-state index is 11.2. The zero-order valence-electron chi connectivity index (χ0n) is 7.03. The molecule has 0 aliphatic rings. The summed E-state index contributed by atoms with van der Waals surface area (Å²) >= 11 is 1.24. The molecule has 2 N–H and O–H groups in total. The van der Waals surface area contributed by atoms with Crippen LogP contribution in [0.15, 0.2) is 12.1 Å². The predicted molar refractivity (Wildman–Crippen MR) is 49.3 cm³/mol. The summed E-state index contributed by atoms with van der Waals surface area (Å²) in [6.07, 6.45) is -0.0826. The first-order chi connectivity index (χ1) is 5.59. The van der Waals surface area contributed by atoms with Crippen molar-refractivity contribution in [3.63, 3.8) is 0 Å². The molecule has 0 saturated heterocycles. The van der Waals surface area contributed by atoms with E-state index in [4.69, 9.17) is 10.5 Å². The van der Waals surface area contributed by atoms with Crippen LogP contribution in [0.3, 0.4) is 0 Å². The minimum Gasteiger partial charge on any atom is -0.459 e. The minimum absolute atomic E-state index is 0.0826. The molecule has 12 heavy (non-hydrogen) atoms. The maximum atomic E-state index is 11.2. The smallest absolute Gasteiger partial charge is 0.348 e. The fraction of sp³-hybridized carbons (Fsp3) is 0.375. The normalized spacial score (nSPS) is 10.2. The van der Waals surface area contributed by atoms with Gasteiger partial charge in [0.15, 0.2) is 0 Å². The zero-order chi connectivity index (χ0) is 9.14. The molecule has 4 heteroatoms. The molecule has 1 aromatic heterocycles. The molecule has 1 heterocycles. The van der Waals surface area contributed by atoms with Crippen LogP contribution in [-0.4, -0.2) is 12.1 Å². The Morgan fingerprint density at radius 3 is 2.67 bits per heavy atom. The highest BCUT2D eigenvalue weighted by atomic mass is 32.1. The summed E-state index contributed by atoms with van der Waals surface area (Å²) in [5.41, 5.74) is 5.46. The van der Waals surface area contributed by atoms with E-state index >= 15 is 0 Å². The second-order valence-electron chi connectivity index (χ2n) is 2.66. The number of hydrogen-bond donors (Lipinski definition) is 1. The quantitative estimate of drug-likeness (QED) is 0.716. The van der Waals surface area contributed by atoms with Crippen LogP contribution in [0.25, 0.3) is 0 Å². The van der Waals surface area contributed by atoms with Gasteiger partial charge in [0.05, 0.1) is 11.1 Å². The lowest BCUT2D eigenvalue weighted by molar-refractivity contribution is 0.0384. The van der Waals surface area contributed by atoms with E-state index in [-0.39, 0.29) is 12.1 Å². The van der Waals surface area contributed by atoms with Crippen LogP contribution in [0, 0.1) is 0 Å². The molecule has 0 spiro atoms. The Morgan fingerprint density at radius 2 is 2.25 bits per heavy atom. The Balaban J connectivity index is 2.65. The van der Waals surface area contributed by atoms with Crippen molar-refractivity contribution in [3.8, 4) is 0 Å². The van der Waals surface area contributed by atoms with Crippen LogP contribution < -0.4 is 5.73 Å². The molecule has 1 aromatic rings. The first-order valence-corrected chi connectivity index (χ1v) is 4.47. The molecule has 0 bridgehead atoms. The van der Waals surface area contributed by atoms with Crippen molar-refractivity contribution in [2.75, 3.05) is 5.73 Å². The number of esters is 1. The van der Waals surface area contributed by atoms with E-state index in [2.05, 4.69) is 0 Å². The first-order valence-electron chi connectivity index (χ1n) is 3.66. The number of anilines is 1. The fourth-order valence-electron chi connectivity index (χ4n) is 0.735. The van der Waals surface area contributed by atoms with Gasteiger partial charge in [0.2, 0.25) is 0 Å². The Hall–Kier alpha value is -1.03. The third kappa shape index (κ3) is 2.23. The van der Waals surface area contributed by atoms with Crippen LogP contribution in [0.5, 0.6) is 0 Å². The predicted octanol–water partition coefficient (Wildman–Crippen LogP) is 1.90. The summed E-state index contributed by atoms with van der Waals surface area (Å²) in [4.78, 5) is 11.8. The van der Waals surface area contributed by atoms with Crippen molar-refractivity contribution in [1.29, 1.82) is 0 Å². The molecule has 66 valence electrons. The molecule has 0 fully saturated rings. The average Bonchev–Trinajstić information content (AvgIpc) is 2.34. The summed E-state index contributed by atoms with van der Waals surface area (Å²) in [7, 11) is 0. The molecule has 0 radical (unpaired) electrons. The van der Waals surface area contributed by atoms with Gasteiger partial charge in [-0.25, -0.2) is 4.79 Å². The number of carbonyl (C=O) groups excluding carboxylic acids is 1. The van der Waals surface area contributed by atoms with Crippen molar-refractivity contribution in [2.45, 2.75) is 20.0 Å². The van der Waals surface area contributed by atoms with E-state index < -0.39 is 0 Å². The number of thiophene rings is 1. The largest absolute Gasteiger partial charge is 0.459 e. The standard InChI is InChI=1S/C8H11NO2S/c1-5(2)11-8(10)6-3-4-7(9)12-6/h3-5H,9H2,1-2H3. The Kier molecular flexibility index (Phi) is 2.70. The third-order valence-electron chi connectivity index (χ3n) is 1.17. The van der Waals surface area contributed by atoms with E-state index in [1.54, 1.807) is 12.1 Å². The van der Waals surface area contributed by atoms with Gasteiger partial charge in [-0.15, -0.1) is 11.3 Å².